The molecule has 0 spiro atoms. The molecule has 0 bridgehead atoms. The van der Waals surface area contributed by atoms with Crippen LogP contribution in [0.25, 0.3) is 11.0 Å². The minimum absolute atomic E-state index is 0.149. The van der Waals surface area contributed by atoms with Crippen LogP contribution in [0.5, 0.6) is 0 Å². The van der Waals surface area contributed by atoms with E-state index in [1.807, 2.05) is 24.3 Å². The van der Waals surface area contributed by atoms with E-state index in [0.29, 0.717) is 41.7 Å². The first-order valence-electron chi connectivity index (χ1n) is 9.08. The van der Waals surface area contributed by atoms with E-state index in [-0.39, 0.29) is 17.5 Å². The van der Waals surface area contributed by atoms with Crippen LogP contribution in [0.2, 0.25) is 0 Å². The molecule has 0 radical (unpaired) electrons. The molecule has 146 valence electrons. The fourth-order valence-electron chi connectivity index (χ4n) is 3.30. The highest BCUT2D eigenvalue weighted by atomic mass is 32.1. The topological polar surface area (TPSA) is 101 Å². The van der Waals surface area contributed by atoms with Crippen LogP contribution in [0.3, 0.4) is 0 Å². The maximum Gasteiger partial charge on any atom is 0.289 e. The van der Waals surface area contributed by atoms with Crippen LogP contribution < -0.4 is 5.32 Å². The molecule has 0 saturated carbocycles. The predicted molar refractivity (Wildman–Crippen MR) is 106 cm³/mol. The highest BCUT2D eigenvalue weighted by Gasteiger charge is 2.27. The van der Waals surface area contributed by atoms with Crippen LogP contribution in [-0.4, -0.2) is 33.4 Å². The molecule has 1 aromatic carbocycles. The molecular weight excluding hydrogens is 392 g/mol. The van der Waals surface area contributed by atoms with Gasteiger partial charge in [0.2, 0.25) is 0 Å². The van der Waals surface area contributed by atoms with Crippen molar-refractivity contribution in [2.24, 2.45) is 0 Å². The van der Waals surface area contributed by atoms with Crippen molar-refractivity contribution in [3.05, 3.63) is 64.2 Å². The standard InChI is InChI=1S/C20H16N4O4S/c1-11-8-14(23-28-11)18(25)22-20-21-13-6-7-24(10-17(13)29-20)19(26)16-9-12-4-2-3-5-15(12)27-16/h2-5,8-9H,6-7,10H2,1H3,(H,21,22,25). The molecule has 29 heavy (non-hydrogen) atoms. The van der Waals surface area contributed by atoms with Gasteiger partial charge in [-0.3, -0.25) is 14.9 Å². The van der Waals surface area contributed by atoms with E-state index in [4.69, 9.17) is 8.94 Å². The van der Waals surface area contributed by atoms with Gasteiger partial charge in [0.05, 0.1) is 12.2 Å². The summed E-state index contributed by atoms with van der Waals surface area (Å²) >= 11 is 1.36. The first-order valence-corrected chi connectivity index (χ1v) is 9.89. The summed E-state index contributed by atoms with van der Waals surface area (Å²) in [5.41, 5.74) is 1.80. The molecule has 1 aliphatic rings. The molecule has 3 aromatic heterocycles. The number of anilines is 1. The number of hydrogen-bond acceptors (Lipinski definition) is 7. The van der Waals surface area contributed by atoms with E-state index in [1.165, 1.54) is 11.3 Å². The molecule has 0 saturated heterocycles. The van der Waals surface area contributed by atoms with Crippen molar-refractivity contribution in [2.45, 2.75) is 19.9 Å². The number of nitrogens with zero attached hydrogens (tertiary/aromatic N) is 3. The molecular formula is C20H16N4O4S. The minimum Gasteiger partial charge on any atom is -0.451 e. The number of carbonyl (C=O) groups is 2. The maximum absolute atomic E-state index is 12.9. The van der Waals surface area contributed by atoms with Crippen molar-refractivity contribution in [1.82, 2.24) is 15.0 Å². The molecule has 9 heteroatoms. The van der Waals surface area contributed by atoms with Crippen molar-refractivity contribution < 1.29 is 18.5 Å². The molecule has 0 atom stereocenters. The number of aromatic nitrogens is 2. The van der Waals surface area contributed by atoms with E-state index < -0.39 is 0 Å². The summed E-state index contributed by atoms with van der Waals surface area (Å²) in [5, 5.41) is 7.84. The van der Waals surface area contributed by atoms with Gasteiger partial charge in [0.25, 0.3) is 11.8 Å². The number of aryl methyl sites for hydroxylation is 1. The maximum atomic E-state index is 12.9. The second-order valence-electron chi connectivity index (χ2n) is 6.79. The largest absolute Gasteiger partial charge is 0.451 e. The molecule has 4 aromatic rings. The number of fused-ring (bicyclic) bond motifs is 2. The van der Waals surface area contributed by atoms with E-state index in [0.717, 1.165) is 16.0 Å². The zero-order chi connectivity index (χ0) is 20.0. The van der Waals surface area contributed by atoms with Gasteiger partial charge in [-0.25, -0.2) is 4.98 Å². The lowest BCUT2D eigenvalue weighted by atomic mass is 10.1. The Morgan fingerprint density at radius 3 is 2.90 bits per heavy atom. The summed E-state index contributed by atoms with van der Waals surface area (Å²) in [6, 6.07) is 10.9. The molecule has 0 aliphatic carbocycles. The third-order valence-corrected chi connectivity index (χ3v) is 5.73. The zero-order valence-corrected chi connectivity index (χ0v) is 16.3. The first-order chi connectivity index (χ1) is 14.1. The molecule has 1 aliphatic heterocycles. The summed E-state index contributed by atoms with van der Waals surface area (Å²) in [6.07, 6.45) is 0.622. The Bertz CT molecular complexity index is 1210. The van der Waals surface area contributed by atoms with Gasteiger partial charge in [-0.2, -0.15) is 0 Å². The number of hydrogen-bond donors (Lipinski definition) is 1. The highest BCUT2D eigenvalue weighted by molar-refractivity contribution is 7.15. The molecule has 4 heterocycles. The SMILES string of the molecule is Cc1cc(C(=O)Nc2nc3c(s2)CN(C(=O)c2cc4ccccc4o2)CC3)no1. The van der Waals surface area contributed by atoms with Crippen molar-refractivity contribution in [2.75, 3.05) is 11.9 Å². The second-order valence-corrected chi connectivity index (χ2v) is 7.87. The van der Waals surface area contributed by atoms with Gasteiger partial charge in [0.15, 0.2) is 16.6 Å². The number of thiazole rings is 1. The number of amides is 2. The number of benzene rings is 1. The van der Waals surface area contributed by atoms with Crippen molar-refractivity contribution in [3.8, 4) is 0 Å². The predicted octanol–water partition coefficient (Wildman–Crippen LogP) is 3.64. The van der Waals surface area contributed by atoms with Gasteiger partial charge in [0.1, 0.15) is 11.3 Å². The van der Waals surface area contributed by atoms with Crippen molar-refractivity contribution >= 4 is 39.3 Å². The number of furan rings is 1. The summed E-state index contributed by atoms with van der Waals surface area (Å²) in [7, 11) is 0. The smallest absolute Gasteiger partial charge is 0.289 e. The number of nitrogens with one attached hydrogen (secondary N) is 1. The van der Waals surface area contributed by atoms with Gasteiger partial charge in [-0.1, -0.05) is 34.7 Å². The monoisotopic (exact) mass is 408 g/mol. The summed E-state index contributed by atoms with van der Waals surface area (Å²) in [5.74, 6) is 0.370. The van der Waals surface area contributed by atoms with Crippen LogP contribution in [0.1, 0.15) is 37.4 Å². The Morgan fingerprint density at radius 1 is 1.24 bits per heavy atom. The average Bonchev–Trinajstić information content (AvgIpc) is 3.43. The van der Waals surface area contributed by atoms with Crippen LogP contribution in [0, 0.1) is 6.92 Å². The quantitative estimate of drug-likeness (QED) is 0.555. The number of para-hydroxylation sites is 1. The average molecular weight is 408 g/mol. The third-order valence-electron chi connectivity index (χ3n) is 4.74. The van der Waals surface area contributed by atoms with Gasteiger partial charge in [0, 0.05) is 29.3 Å². The fourth-order valence-corrected chi connectivity index (χ4v) is 4.32. The Kier molecular flexibility index (Phi) is 4.17. The summed E-state index contributed by atoms with van der Waals surface area (Å²) in [4.78, 5) is 32.3. The highest BCUT2D eigenvalue weighted by Crippen LogP contribution is 2.30. The first kappa shape index (κ1) is 17.6. The van der Waals surface area contributed by atoms with E-state index in [2.05, 4.69) is 15.5 Å². The van der Waals surface area contributed by atoms with E-state index in [1.54, 1.807) is 24.0 Å². The lowest BCUT2D eigenvalue weighted by Gasteiger charge is -2.25. The Hall–Kier alpha value is -3.46. The van der Waals surface area contributed by atoms with Crippen LogP contribution in [0.4, 0.5) is 5.13 Å². The summed E-state index contributed by atoms with van der Waals surface area (Å²) < 4.78 is 10.6. The van der Waals surface area contributed by atoms with Crippen LogP contribution in [-0.2, 0) is 13.0 Å². The van der Waals surface area contributed by atoms with E-state index in [9.17, 15) is 9.59 Å². The van der Waals surface area contributed by atoms with Crippen molar-refractivity contribution in [3.63, 3.8) is 0 Å². The van der Waals surface area contributed by atoms with Gasteiger partial charge in [-0.05, 0) is 19.1 Å². The summed E-state index contributed by atoms with van der Waals surface area (Å²) in [6.45, 7) is 2.70. The number of rotatable bonds is 3. The fraction of sp³-hybridized carbons (Fsp3) is 0.200. The molecule has 5 rings (SSSR count). The van der Waals surface area contributed by atoms with Gasteiger partial charge >= 0.3 is 0 Å². The third kappa shape index (κ3) is 3.29. The lowest BCUT2D eigenvalue weighted by molar-refractivity contribution is 0.0706. The van der Waals surface area contributed by atoms with E-state index >= 15 is 0 Å². The molecule has 0 fully saturated rings. The Balaban J connectivity index is 1.31. The zero-order valence-electron chi connectivity index (χ0n) is 15.5. The van der Waals surface area contributed by atoms with Gasteiger partial charge < -0.3 is 13.8 Å². The molecule has 2 amide bonds. The minimum atomic E-state index is -0.372. The molecule has 8 nitrogen and oxygen atoms in total. The second kappa shape index (κ2) is 6.85. The Labute approximate surface area is 169 Å². The van der Waals surface area contributed by atoms with Crippen LogP contribution in [0.15, 0.2) is 45.3 Å². The lowest BCUT2D eigenvalue weighted by Crippen LogP contribution is -2.35. The molecule has 1 N–H and O–H groups in total. The Morgan fingerprint density at radius 2 is 2.10 bits per heavy atom. The number of carbonyl (C=O) groups excluding carboxylic acids is 2. The van der Waals surface area contributed by atoms with Crippen molar-refractivity contribution in [1.29, 1.82) is 0 Å². The normalized spacial score (nSPS) is 13.5. The van der Waals surface area contributed by atoms with Gasteiger partial charge in [-0.15, -0.1) is 0 Å². The molecule has 0 unspecified atom stereocenters. The van der Waals surface area contributed by atoms with Crippen LogP contribution >= 0.6 is 11.3 Å².